The first-order chi connectivity index (χ1) is 12.2. The number of hydrogen-bond donors (Lipinski definition) is 2. The first-order valence-electron chi connectivity index (χ1n) is 7.63. The molecule has 0 aliphatic rings. The Labute approximate surface area is 143 Å². The lowest BCUT2D eigenvalue weighted by molar-refractivity contribution is 0.604. The number of nitriles is 1. The summed E-state index contributed by atoms with van der Waals surface area (Å²) in [5.41, 5.74) is 1.51. The lowest BCUT2D eigenvalue weighted by atomic mass is 10.1. The standard InChI is InChI=1S/C17H16FN7/c1-20-17(21-10-13-6-5-12(9-19)8-14(13)18)22-11-16-24-23-15-4-2-3-7-25(15)16/h2-8H,10-11H2,1H3,(H2,20,21,22). The van der Waals surface area contributed by atoms with Crippen LogP contribution >= 0.6 is 0 Å². The number of pyridine rings is 1. The third-order valence-electron chi connectivity index (χ3n) is 3.65. The molecule has 1 aromatic carbocycles. The number of aliphatic imine (C=N–C) groups is 1. The van der Waals surface area contributed by atoms with Crippen LogP contribution in [0.5, 0.6) is 0 Å². The van der Waals surface area contributed by atoms with Crippen LogP contribution in [0.25, 0.3) is 5.65 Å². The molecule has 2 N–H and O–H groups in total. The van der Waals surface area contributed by atoms with Crippen molar-refractivity contribution in [3.05, 3.63) is 65.4 Å². The number of rotatable bonds is 4. The van der Waals surface area contributed by atoms with E-state index in [0.29, 0.717) is 23.6 Å². The van der Waals surface area contributed by atoms with Crippen molar-refractivity contribution in [1.29, 1.82) is 5.26 Å². The van der Waals surface area contributed by atoms with Crippen LogP contribution in [0.4, 0.5) is 4.39 Å². The maximum absolute atomic E-state index is 13.9. The van der Waals surface area contributed by atoms with E-state index >= 15 is 0 Å². The lowest BCUT2D eigenvalue weighted by Crippen LogP contribution is -2.37. The third kappa shape index (κ3) is 3.72. The van der Waals surface area contributed by atoms with E-state index in [0.717, 1.165) is 11.5 Å². The molecule has 3 aromatic rings. The molecule has 0 aliphatic heterocycles. The molecule has 0 saturated carbocycles. The number of aromatic nitrogens is 3. The van der Waals surface area contributed by atoms with E-state index in [2.05, 4.69) is 25.8 Å². The molecule has 7 nitrogen and oxygen atoms in total. The molecule has 2 heterocycles. The number of nitrogens with zero attached hydrogens (tertiary/aromatic N) is 5. The van der Waals surface area contributed by atoms with E-state index in [1.807, 2.05) is 34.9 Å². The van der Waals surface area contributed by atoms with E-state index in [4.69, 9.17) is 5.26 Å². The topological polar surface area (TPSA) is 90.4 Å². The Balaban J connectivity index is 1.61. The minimum atomic E-state index is -0.426. The predicted molar refractivity (Wildman–Crippen MR) is 91.1 cm³/mol. The smallest absolute Gasteiger partial charge is 0.191 e. The Hall–Kier alpha value is -3.47. The van der Waals surface area contributed by atoms with Crippen LogP contribution in [0.15, 0.2) is 47.6 Å². The second-order valence-corrected chi connectivity index (χ2v) is 5.24. The molecular weight excluding hydrogens is 321 g/mol. The molecule has 126 valence electrons. The summed E-state index contributed by atoms with van der Waals surface area (Å²) in [6, 6.07) is 12.0. The van der Waals surface area contributed by atoms with Crippen LogP contribution in [0, 0.1) is 17.1 Å². The van der Waals surface area contributed by atoms with Crippen LogP contribution in [0.2, 0.25) is 0 Å². The third-order valence-corrected chi connectivity index (χ3v) is 3.65. The van der Waals surface area contributed by atoms with Gasteiger partial charge >= 0.3 is 0 Å². The summed E-state index contributed by atoms with van der Waals surface area (Å²) in [7, 11) is 1.63. The van der Waals surface area contributed by atoms with Crippen LogP contribution in [0.1, 0.15) is 17.0 Å². The highest BCUT2D eigenvalue weighted by molar-refractivity contribution is 5.79. The molecule has 0 fully saturated rings. The van der Waals surface area contributed by atoms with Crippen molar-refractivity contribution in [2.75, 3.05) is 7.05 Å². The number of fused-ring (bicyclic) bond motifs is 1. The average Bonchev–Trinajstić information content (AvgIpc) is 3.06. The summed E-state index contributed by atoms with van der Waals surface area (Å²) in [4.78, 5) is 4.11. The minimum absolute atomic E-state index is 0.248. The van der Waals surface area contributed by atoms with Gasteiger partial charge in [-0.25, -0.2) is 4.39 Å². The van der Waals surface area contributed by atoms with Crippen molar-refractivity contribution < 1.29 is 4.39 Å². The van der Waals surface area contributed by atoms with E-state index in [1.165, 1.54) is 6.07 Å². The van der Waals surface area contributed by atoms with Crippen LogP contribution in [-0.4, -0.2) is 27.6 Å². The Morgan fingerprint density at radius 2 is 2.08 bits per heavy atom. The zero-order chi connectivity index (χ0) is 17.6. The molecule has 2 aromatic heterocycles. The zero-order valence-electron chi connectivity index (χ0n) is 13.6. The van der Waals surface area contributed by atoms with Gasteiger partial charge < -0.3 is 10.6 Å². The van der Waals surface area contributed by atoms with Gasteiger partial charge in [0.15, 0.2) is 17.4 Å². The van der Waals surface area contributed by atoms with Crippen molar-refractivity contribution in [3.8, 4) is 6.07 Å². The minimum Gasteiger partial charge on any atom is -0.352 e. The molecule has 0 bridgehead atoms. The highest BCUT2D eigenvalue weighted by atomic mass is 19.1. The van der Waals surface area contributed by atoms with Gasteiger partial charge in [-0.2, -0.15) is 5.26 Å². The molecular formula is C17H16FN7. The number of benzene rings is 1. The Bertz CT molecular complexity index is 955. The van der Waals surface area contributed by atoms with Crippen LogP contribution in [-0.2, 0) is 13.1 Å². The number of halogens is 1. The first-order valence-corrected chi connectivity index (χ1v) is 7.63. The predicted octanol–water partition coefficient (Wildman–Crippen LogP) is 1.61. The summed E-state index contributed by atoms with van der Waals surface area (Å²) < 4.78 is 15.8. The van der Waals surface area contributed by atoms with Gasteiger partial charge in [0.25, 0.3) is 0 Å². The maximum atomic E-state index is 13.9. The lowest BCUT2D eigenvalue weighted by Gasteiger charge is -2.12. The fourth-order valence-electron chi connectivity index (χ4n) is 2.33. The summed E-state index contributed by atoms with van der Waals surface area (Å²) >= 11 is 0. The van der Waals surface area contributed by atoms with Gasteiger partial charge in [0.1, 0.15) is 5.82 Å². The molecule has 0 saturated heterocycles. The van der Waals surface area contributed by atoms with Crippen molar-refractivity contribution in [2.24, 2.45) is 4.99 Å². The van der Waals surface area contributed by atoms with Crippen LogP contribution < -0.4 is 10.6 Å². The molecule has 0 spiro atoms. The van der Waals surface area contributed by atoms with E-state index < -0.39 is 5.82 Å². The second-order valence-electron chi connectivity index (χ2n) is 5.24. The van der Waals surface area contributed by atoms with Gasteiger partial charge in [-0.15, -0.1) is 10.2 Å². The summed E-state index contributed by atoms with van der Waals surface area (Å²) in [5, 5.41) is 23.1. The largest absolute Gasteiger partial charge is 0.352 e. The highest BCUT2D eigenvalue weighted by Gasteiger charge is 2.07. The second kappa shape index (κ2) is 7.40. The maximum Gasteiger partial charge on any atom is 0.191 e. The average molecular weight is 337 g/mol. The molecule has 0 unspecified atom stereocenters. The summed E-state index contributed by atoms with van der Waals surface area (Å²) in [5.74, 6) is 0.824. The molecule has 0 aliphatic carbocycles. The number of guanidine groups is 1. The van der Waals surface area contributed by atoms with E-state index in [9.17, 15) is 4.39 Å². The molecule has 0 atom stereocenters. The number of nitrogens with one attached hydrogen (secondary N) is 2. The summed E-state index contributed by atoms with van der Waals surface area (Å²) in [6.07, 6.45) is 1.88. The Morgan fingerprint density at radius 3 is 2.84 bits per heavy atom. The van der Waals surface area contributed by atoms with Crippen molar-refractivity contribution in [2.45, 2.75) is 13.1 Å². The van der Waals surface area contributed by atoms with Gasteiger partial charge in [-0.3, -0.25) is 9.39 Å². The highest BCUT2D eigenvalue weighted by Crippen LogP contribution is 2.09. The normalized spacial score (nSPS) is 11.3. The zero-order valence-corrected chi connectivity index (χ0v) is 13.6. The molecule has 0 radical (unpaired) electrons. The van der Waals surface area contributed by atoms with E-state index in [-0.39, 0.29) is 6.54 Å². The summed E-state index contributed by atoms with van der Waals surface area (Å²) in [6.45, 7) is 0.665. The van der Waals surface area contributed by atoms with Crippen molar-refractivity contribution in [1.82, 2.24) is 25.2 Å². The monoisotopic (exact) mass is 337 g/mol. The Morgan fingerprint density at radius 1 is 1.24 bits per heavy atom. The number of hydrogen-bond acceptors (Lipinski definition) is 4. The Kier molecular flexibility index (Phi) is 4.85. The molecule has 3 rings (SSSR count). The molecule has 25 heavy (non-hydrogen) atoms. The van der Waals surface area contributed by atoms with Gasteiger partial charge in [-0.05, 0) is 24.3 Å². The SMILES string of the molecule is CN=C(NCc1ccc(C#N)cc1F)NCc1nnc2ccccn12. The van der Waals surface area contributed by atoms with Crippen molar-refractivity contribution in [3.63, 3.8) is 0 Å². The van der Waals surface area contributed by atoms with Gasteiger partial charge in [0.2, 0.25) is 0 Å². The fraction of sp³-hybridized carbons (Fsp3) is 0.176. The van der Waals surface area contributed by atoms with Gasteiger partial charge in [-0.1, -0.05) is 12.1 Å². The molecule has 0 amide bonds. The van der Waals surface area contributed by atoms with Crippen LogP contribution in [0.3, 0.4) is 0 Å². The first kappa shape index (κ1) is 16.4. The van der Waals surface area contributed by atoms with E-state index in [1.54, 1.807) is 19.2 Å². The molecule has 8 heteroatoms. The van der Waals surface area contributed by atoms with Crippen molar-refractivity contribution >= 4 is 11.6 Å². The van der Waals surface area contributed by atoms with Gasteiger partial charge in [0, 0.05) is 25.4 Å². The fourth-order valence-corrected chi connectivity index (χ4v) is 2.33. The van der Waals surface area contributed by atoms with Gasteiger partial charge in [0.05, 0.1) is 18.2 Å². The quantitative estimate of drug-likeness (QED) is 0.557.